The van der Waals surface area contributed by atoms with Gasteiger partial charge in [-0.15, -0.1) is 0 Å². The molecule has 2 aromatic rings. The number of para-hydroxylation sites is 1. The molecule has 1 atom stereocenters. The third-order valence-corrected chi connectivity index (χ3v) is 4.05. The Balaban J connectivity index is 2.23. The summed E-state index contributed by atoms with van der Waals surface area (Å²) >= 11 is 5.99. The van der Waals surface area contributed by atoms with Crippen LogP contribution in [-0.4, -0.2) is 20.2 Å². The van der Waals surface area contributed by atoms with Gasteiger partial charge in [-0.2, -0.15) is 0 Å². The van der Waals surface area contributed by atoms with Gasteiger partial charge in [0.1, 0.15) is 5.75 Å². The van der Waals surface area contributed by atoms with Crippen molar-refractivity contribution in [3.63, 3.8) is 0 Å². The molecule has 0 saturated carbocycles. The Kier molecular flexibility index (Phi) is 6.75. The summed E-state index contributed by atoms with van der Waals surface area (Å²) in [6, 6.07) is 16.5. The second kappa shape index (κ2) is 8.82. The minimum absolute atomic E-state index is 0.427. The summed E-state index contributed by atoms with van der Waals surface area (Å²) in [6.45, 7) is 3.70. The Labute approximate surface area is 138 Å². The molecule has 0 aliphatic carbocycles. The summed E-state index contributed by atoms with van der Waals surface area (Å²) < 4.78 is 5.81. The van der Waals surface area contributed by atoms with Crippen molar-refractivity contribution >= 4 is 11.6 Å². The van der Waals surface area contributed by atoms with Crippen LogP contribution >= 0.6 is 11.6 Å². The lowest BCUT2D eigenvalue weighted by Gasteiger charge is -2.20. The SMILES string of the molecule is CCOc1ccccc1C(CCNC)Cc1ccc(Cl)cc1. The van der Waals surface area contributed by atoms with Gasteiger partial charge in [0.15, 0.2) is 0 Å². The minimum Gasteiger partial charge on any atom is -0.494 e. The van der Waals surface area contributed by atoms with Gasteiger partial charge in [-0.05, 0) is 68.6 Å². The summed E-state index contributed by atoms with van der Waals surface area (Å²) in [5, 5.41) is 4.03. The third-order valence-electron chi connectivity index (χ3n) is 3.80. The van der Waals surface area contributed by atoms with Crippen LogP contribution < -0.4 is 10.1 Å². The molecular weight excluding hydrogens is 294 g/mol. The first kappa shape index (κ1) is 16.9. The van der Waals surface area contributed by atoms with Gasteiger partial charge in [-0.1, -0.05) is 41.9 Å². The zero-order valence-electron chi connectivity index (χ0n) is 13.3. The number of ether oxygens (including phenoxy) is 1. The number of benzene rings is 2. The van der Waals surface area contributed by atoms with Gasteiger partial charge >= 0.3 is 0 Å². The molecule has 0 aromatic heterocycles. The zero-order chi connectivity index (χ0) is 15.8. The first-order valence-electron chi connectivity index (χ1n) is 7.85. The number of hydrogen-bond donors (Lipinski definition) is 1. The van der Waals surface area contributed by atoms with E-state index in [4.69, 9.17) is 16.3 Å². The highest BCUT2D eigenvalue weighted by Crippen LogP contribution is 2.32. The summed E-state index contributed by atoms with van der Waals surface area (Å²) in [5.74, 6) is 1.43. The van der Waals surface area contributed by atoms with Crippen molar-refractivity contribution in [2.75, 3.05) is 20.2 Å². The van der Waals surface area contributed by atoms with Gasteiger partial charge in [0, 0.05) is 5.02 Å². The van der Waals surface area contributed by atoms with Crippen LogP contribution in [0.15, 0.2) is 48.5 Å². The van der Waals surface area contributed by atoms with Crippen molar-refractivity contribution in [3.05, 3.63) is 64.7 Å². The van der Waals surface area contributed by atoms with Crippen LogP contribution in [0.25, 0.3) is 0 Å². The van der Waals surface area contributed by atoms with Crippen molar-refractivity contribution in [1.29, 1.82) is 0 Å². The van der Waals surface area contributed by atoms with Gasteiger partial charge in [-0.3, -0.25) is 0 Å². The highest BCUT2D eigenvalue weighted by atomic mass is 35.5. The normalized spacial score (nSPS) is 12.1. The molecule has 0 saturated heterocycles. The quantitative estimate of drug-likeness (QED) is 0.763. The maximum Gasteiger partial charge on any atom is 0.122 e. The van der Waals surface area contributed by atoms with E-state index in [1.807, 2.05) is 32.2 Å². The topological polar surface area (TPSA) is 21.3 Å². The molecule has 0 aliphatic rings. The Hall–Kier alpha value is -1.51. The first-order valence-corrected chi connectivity index (χ1v) is 8.23. The molecule has 2 aromatic carbocycles. The fraction of sp³-hybridized carbons (Fsp3) is 0.368. The molecule has 2 rings (SSSR count). The molecule has 0 fully saturated rings. The van der Waals surface area contributed by atoms with Crippen molar-refractivity contribution in [1.82, 2.24) is 5.32 Å². The third kappa shape index (κ3) is 4.75. The van der Waals surface area contributed by atoms with E-state index in [2.05, 4.69) is 35.6 Å². The average Bonchev–Trinajstić information content (AvgIpc) is 2.54. The first-order chi connectivity index (χ1) is 10.7. The molecule has 0 spiro atoms. The largest absolute Gasteiger partial charge is 0.494 e. The van der Waals surface area contributed by atoms with Gasteiger partial charge in [0.2, 0.25) is 0 Å². The molecular formula is C19H24ClNO. The zero-order valence-corrected chi connectivity index (χ0v) is 14.1. The molecule has 0 radical (unpaired) electrons. The lowest BCUT2D eigenvalue weighted by molar-refractivity contribution is 0.333. The molecule has 1 unspecified atom stereocenters. The van der Waals surface area contributed by atoms with Crippen molar-refractivity contribution in [3.8, 4) is 5.75 Å². The van der Waals surface area contributed by atoms with E-state index in [1.54, 1.807) is 0 Å². The van der Waals surface area contributed by atoms with E-state index in [0.717, 1.165) is 30.2 Å². The second-order valence-corrected chi connectivity index (χ2v) is 5.83. The van der Waals surface area contributed by atoms with Crippen molar-refractivity contribution in [2.24, 2.45) is 0 Å². The van der Waals surface area contributed by atoms with E-state index in [1.165, 1.54) is 11.1 Å². The summed E-state index contributed by atoms with van der Waals surface area (Å²) in [7, 11) is 1.99. The Morgan fingerprint density at radius 3 is 2.50 bits per heavy atom. The van der Waals surface area contributed by atoms with Crippen LogP contribution in [0.4, 0.5) is 0 Å². The van der Waals surface area contributed by atoms with Crippen LogP contribution in [0.1, 0.15) is 30.4 Å². The lowest BCUT2D eigenvalue weighted by atomic mass is 9.88. The predicted octanol–water partition coefficient (Wildman–Crippen LogP) is 4.67. The van der Waals surface area contributed by atoms with Gasteiger partial charge < -0.3 is 10.1 Å². The van der Waals surface area contributed by atoms with Crippen molar-refractivity contribution < 1.29 is 4.74 Å². The van der Waals surface area contributed by atoms with E-state index in [9.17, 15) is 0 Å². The molecule has 118 valence electrons. The van der Waals surface area contributed by atoms with Crippen LogP contribution in [0.2, 0.25) is 5.02 Å². The molecule has 2 nitrogen and oxygen atoms in total. The van der Waals surface area contributed by atoms with Crippen LogP contribution in [0.5, 0.6) is 5.75 Å². The van der Waals surface area contributed by atoms with E-state index in [0.29, 0.717) is 12.5 Å². The standard InChI is InChI=1S/C19H24ClNO/c1-3-22-19-7-5-4-6-18(19)16(12-13-21-2)14-15-8-10-17(20)11-9-15/h4-11,16,21H,3,12-14H2,1-2H3. The molecule has 1 N–H and O–H groups in total. The smallest absolute Gasteiger partial charge is 0.122 e. The van der Waals surface area contributed by atoms with Crippen molar-refractivity contribution in [2.45, 2.75) is 25.7 Å². The summed E-state index contributed by atoms with van der Waals surface area (Å²) in [4.78, 5) is 0. The van der Waals surface area contributed by atoms with E-state index >= 15 is 0 Å². The number of nitrogens with one attached hydrogen (secondary N) is 1. The van der Waals surface area contributed by atoms with Crippen LogP contribution in [0.3, 0.4) is 0 Å². The molecule has 0 heterocycles. The van der Waals surface area contributed by atoms with E-state index < -0.39 is 0 Å². The molecule has 22 heavy (non-hydrogen) atoms. The molecule has 0 aliphatic heterocycles. The minimum atomic E-state index is 0.427. The summed E-state index contributed by atoms with van der Waals surface area (Å²) in [5.41, 5.74) is 2.59. The molecule has 0 bridgehead atoms. The fourth-order valence-corrected chi connectivity index (χ4v) is 2.82. The molecule has 0 amide bonds. The second-order valence-electron chi connectivity index (χ2n) is 5.39. The van der Waals surface area contributed by atoms with E-state index in [-0.39, 0.29) is 0 Å². The van der Waals surface area contributed by atoms with Crippen LogP contribution in [0, 0.1) is 0 Å². The Morgan fingerprint density at radius 1 is 1.09 bits per heavy atom. The average molecular weight is 318 g/mol. The highest BCUT2D eigenvalue weighted by molar-refractivity contribution is 6.30. The fourth-order valence-electron chi connectivity index (χ4n) is 2.70. The maximum atomic E-state index is 5.99. The number of hydrogen-bond acceptors (Lipinski definition) is 2. The summed E-state index contributed by atoms with van der Waals surface area (Å²) in [6.07, 6.45) is 2.06. The number of rotatable bonds is 8. The predicted molar refractivity (Wildman–Crippen MR) is 94.1 cm³/mol. The van der Waals surface area contributed by atoms with Crippen LogP contribution in [-0.2, 0) is 6.42 Å². The van der Waals surface area contributed by atoms with Gasteiger partial charge in [0.25, 0.3) is 0 Å². The van der Waals surface area contributed by atoms with Gasteiger partial charge in [-0.25, -0.2) is 0 Å². The number of halogens is 1. The molecule has 3 heteroatoms. The maximum absolute atomic E-state index is 5.99. The Bertz CT molecular complexity index is 568. The Morgan fingerprint density at radius 2 is 1.82 bits per heavy atom. The van der Waals surface area contributed by atoms with Gasteiger partial charge in [0.05, 0.1) is 6.61 Å². The monoisotopic (exact) mass is 317 g/mol. The highest BCUT2D eigenvalue weighted by Gasteiger charge is 2.16. The lowest BCUT2D eigenvalue weighted by Crippen LogP contribution is -2.14.